The van der Waals surface area contributed by atoms with E-state index >= 15 is 0 Å². The fourth-order valence-electron chi connectivity index (χ4n) is 1.77. The summed E-state index contributed by atoms with van der Waals surface area (Å²) in [6.45, 7) is 0.519. The van der Waals surface area contributed by atoms with Gasteiger partial charge in [0.2, 0.25) is 0 Å². The lowest BCUT2D eigenvalue weighted by Gasteiger charge is -1.97. The van der Waals surface area contributed by atoms with Crippen molar-refractivity contribution in [2.24, 2.45) is 5.73 Å². The molecule has 3 heterocycles. The summed E-state index contributed by atoms with van der Waals surface area (Å²) in [6.07, 6.45) is 4.04. The normalized spacial score (nSPS) is 11.1. The smallest absolute Gasteiger partial charge is 0.141 e. The van der Waals surface area contributed by atoms with E-state index in [1.165, 1.54) is 4.88 Å². The first kappa shape index (κ1) is 9.57. The Morgan fingerprint density at radius 2 is 2.25 bits per heavy atom. The summed E-state index contributed by atoms with van der Waals surface area (Å²) in [5.41, 5.74) is 8.73. The first-order chi connectivity index (χ1) is 7.88. The molecule has 3 aromatic heterocycles. The van der Waals surface area contributed by atoms with Crippen molar-refractivity contribution in [3.05, 3.63) is 47.6 Å². The van der Waals surface area contributed by atoms with E-state index in [4.69, 9.17) is 5.73 Å². The molecule has 0 aliphatic heterocycles. The van der Waals surface area contributed by atoms with E-state index in [2.05, 4.69) is 16.4 Å². The van der Waals surface area contributed by atoms with Crippen molar-refractivity contribution in [2.75, 3.05) is 0 Å². The van der Waals surface area contributed by atoms with E-state index in [1.807, 2.05) is 35.0 Å². The van der Waals surface area contributed by atoms with E-state index in [9.17, 15) is 0 Å². The summed E-state index contributed by atoms with van der Waals surface area (Å²) in [6, 6.07) is 8.12. The third-order valence-corrected chi connectivity index (χ3v) is 3.45. The number of hydrogen-bond donors (Lipinski definition) is 1. The molecule has 0 saturated carbocycles. The first-order valence-electron chi connectivity index (χ1n) is 5.09. The van der Waals surface area contributed by atoms with Gasteiger partial charge < -0.3 is 10.1 Å². The van der Waals surface area contributed by atoms with Crippen LogP contribution >= 0.6 is 11.3 Å². The van der Waals surface area contributed by atoms with Crippen molar-refractivity contribution in [1.82, 2.24) is 9.38 Å². The van der Waals surface area contributed by atoms with Gasteiger partial charge in [-0.2, -0.15) is 0 Å². The van der Waals surface area contributed by atoms with Crippen LogP contribution in [-0.2, 0) is 6.54 Å². The molecule has 0 radical (unpaired) electrons. The van der Waals surface area contributed by atoms with Gasteiger partial charge in [-0.3, -0.25) is 0 Å². The van der Waals surface area contributed by atoms with E-state index in [0.717, 1.165) is 16.9 Å². The fraction of sp³-hybridized carbons (Fsp3) is 0.0833. The van der Waals surface area contributed by atoms with Crippen LogP contribution in [0.25, 0.3) is 16.2 Å². The number of aromatic nitrogens is 2. The monoisotopic (exact) mass is 229 g/mol. The zero-order valence-corrected chi connectivity index (χ0v) is 9.45. The lowest BCUT2D eigenvalue weighted by Crippen LogP contribution is -1.99. The van der Waals surface area contributed by atoms with Crippen LogP contribution in [0.3, 0.4) is 0 Å². The molecule has 0 unspecified atom stereocenters. The minimum Gasteiger partial charge on any atom is -0.326 e. The number of hydrogen-bond acceptors (Lipinski definition) is 3. The predicted molar refractivity (Wildman–Crippen MR) is 66.4 cm³/mol. The van der Waals surface area contributed by atoms with Crippen molar-refractivity contribution in [1.29, 1.82) is 0 Å². The second-order valence-electron chi connectivity index (χ2n) is 3.57. The molecular weight excluding hydrogens is 218 g/mol. The lowest BCUT2D eigenvalue weighted by atomic mass is 10.3. The lowest BCUT2D eigenvalue weighted by molar-refractivity contribution is 1.04. The van der Waals surface area contributed by atoms with Gasteiger partial charge in [-0.1, -0.05) is 12.1 Å². The van der Waals surface area contributed by atoms with E-state index in [-0.39, 0.29) is 0 Å². The summed E-state index contributed by atoms with van der Waals surface area (Å²) in [7, 11) is 0. The van der Waals surface area contributed by atoms with Crippen molar-refractivity contribution in [3.63, 3.8) is 0 Å². The molecule has 0 aliphatic carbocycles. The Kier molecular flexibility index (Phi) is 2.23. The molecule has 0 bridgehead atoms. The minimum atomic E-state index is 0.519. The molecule has 0 amide bonds. The zero-order valence-electron chi connectivity index (χ0n) is 8.63. The van der Waals surface area contributed by atoms with Gasteiger partial charge in [0.15, 0.2) is 0 Å². The maximum atomic E-state index is 5.69. The second kappa shape index (κ2) is 3.73. The Bertz CT molecular complexity index is 610. The maximum absolute atomic E-state index is 5.69. The Morgan fingerprint density at radius 1 is 1.31 bits per heavy atom. The zero-order chi connectivity index (χ0) is 11.0. The van der Waals surface area contributed by atoms with Gasteiger partial charge >= 0.3 is 0 Å². The number of imidazole rings is 1. The molecule has 16 heavy (non-hydrogen) atoms. The molecule has 3 aromatic rings. The van der Waals surface area contributed by atoms with Gasteiger partial charge in [0.25, 0.3) is 0 Å². The second-order valence-corrected chi connectivity index (χ2v) is 4.52. The van der Waals surface area contributed by atoms with E-state index in [0.29, 0.717) is 6.54 Å². The number of fused-ring (bicyclic) bond motifs is 1. The summed E-state index contributed by atoms with van der Waals surface area (Å²) in [4.78, 5) is 5.81. The molecule has 0 aromatic carbocycles. The van der Waals surface area contributed by atoms with Crippen molar-refractivity contribution in [2.45, 2.75) is 6.54 Å². The highest BCUT2D eigenvalue weighted by Crippen LogP contribution is 2.24. The molecule has 3 nitrogen and oxygen atoms in total. The topological polar surface area (TPSA) is 43.3 Å². The Morgan fingerprint density at radius 3 is 3.00 bits per heavy atom. The van der Waals surface area contributed by atoms with Gasteiger partial charge in [0, 0.05) is 24.5 Å². The number of rotatable bonds is 2. The summed E-state index contributed by atoms with van der Waals surface area (Å²) >= 11 is 1.70. The van der Waals surface area contributed by atoms with Crippen LogP contribution in [-0.4, -0.2) is 9.38 Å². The summed E-state index contributed by atoms with van der Waals surface area (Å²) in [5.74, 6) is 0. The van der Waals surface area contributed by atoms with Crippen LogP contribution in [0.4, 0.5) is 0 Å². The summed E-state index contributed by atoms with van der Waals surface area (Å²) in [5, 5.41) is 2.06. The molecule has 2 N–H and O–H groups in total. The van der Waals surface area contributed by atoms with Crippen molar-refractivity contribution >= 4 is 17.0 Å². The van der Waals surface area contributed by atoms with Crippen LogP contribution < -0.4 is 5.73 Å². The largest absolute Gasteiger partial charge is 0.326 e. The highest BCUT2D eigenvalue weighted by Gasteiger charge is 2.07. The van der Waals surface area contributed by atoms with Crippen molar-refractivity contribution < 1.29 is 0 Å². The molecular formula is C12H11N3S. The maximum Gasteiger partial charge on any atom is 0.141 e. The molecule has 0 atom stereocenters. The van der Waals surface area contributed by atoms with Gasteiger partial charge in [-0.25, -0.2) is 4.98 Å². The third-order valence-electron chi connectivity index (χ3n) is 2.56. The molecule has 0 aliphatic rings. The fourth-order valence-corrected chi connectivity index (χ4v) is 2.45. The highest BCUT2D eigenvalue weighted by atomic mass is 32.1. The average Bonchev–Trinajstić information content (AvgIpc) is 2.96. The standard InChI is InChI=1S/C12H11N3S/c13-7-9-3-1-5-15-8-10(14-12(9)15)11-4-2-6-16-11/h1-6,8H,7,13H2. The van der Waals surface area contributed by atoms with Gasteiger partial charge in [-0.05, 0) is 17.5 Å². The average molecular weight is 229 g/mol. The summed E-state index contributed by atoms with van der Waals surface area (Å²) < 4.78 is 2.03. The van der Waals surface area contributed by atoms with Crippen LogP contribution in [0.2, 0.25) is 0 Å². The van der Waals surface area contributed by atoms with Crippen LogP contribution in [0.15, 0.2) is 42.0 Å². The van der Waals surface area contributed by atoms with Crippen LogP contribution in [0.1, 0.15) is 5.56 Å². The Hall–Kier alpha value is -1.65. The molecule has 4 heteroatoms. The van der Waals surface area contributed by atoms with Gasteiger partial charge in [0.05, 0.1) is 10.6 Å². The number of nitrogens with two attached hydrogens (primary N) is 1. The van der Waals surface area contributed by atoms with Crippen LogP contribution in [0, 0.1) is 0 Å². The Balaban J connectivity index is 2.23. The SMILES string of the molecule is NCc1cccn2cc(-c3cccs3)nc12. The molecule has 3 rings (SSSR count). The molecule has 0 spiro atoms. The molecule has 0 fully saturated rings. The first-order valence-corrected chi connectivity index (χ1v) is 5.97. The van der Waals surface area contributed by atoms with E-state index < -0.39 is 0 Å². The number of nitrogens with zero attached hydrogens (tertiary/aromatic N) is 2. The van der Waals surface area contributed by atoms with Gasteiger partial charge in [0.1, 0.15) is 5.65 Å². The van der Waals surface area contributed by atoms with E-state index in [1.54, 1.807) is 11.3 Å². The van der Waals surface area contributed by atoms with Crippen molar-refractivity contribution in [3.8, 4) is 10.6 Å². The molecule has 0 saturated heterocycles. The van der Waals surface area contributed by atoms with Gasteiger partial charge in [-0.15, -0.1) is 11.3 Å². The number of thiophene rings is 1. The number of pyridine rings is 1. The quantitative estimate of drug-likeness (QED) is 0.733. The molecule has 80 valence electrons. The highest BCUT2D eigenvalue weighted by molar-refractivity contribution is 7.13. The predicted octanol–water partition coefficient (Wildman–Crippen LogP) is 2.52. The minimum absolute atomic E-state index is 0.519. The third kappa shape index (κ3) is 1.43. The Labute approximate surface area is 97.2 Å². The van der Waals surface area contributed by atoms with Crippen LogP contribution in [0.5, 0.6) is 0 Å².